The molecule has 0 aromatic heterocycles. The average molecular weight is 392 g/mol. The van der Waals surface area contributed by atoms with E-state index in [2.05, 4.69) is 6.58 Å². The molecule has 3 fully saturated rings. The molecule has 1 N–H and O–H groups in total. The first kappa shape index (κ1) is 20.6. The molecule has 0 amide bonds. The van der Waals surface area contributed by atoms with Crippen LogP contribution >= 0.6 is 0 Å². The van der Waals surface area contributed by atoms with E-state index in [-0.39, 0.29) is 24.2 Å². The van der Waals surface area contributed by atoms with Crippen LogP contribution in [0.4, 0.5) is 13.2 Å². The third kappa shape index (κ3) is 3.89. The van der Waals surface area contributed by atoms with Crippen LogP contribution in [0.25, 0.3) is 0 Å². The van der Waals surface area contributed by atoms with Crippen molar-refractivity contribution >= 4 is 5.97 Å². The second-order valence-corrected chi connectivity index (χ2v) is 8.35. The summed E-state index contributed by atoms with van der Waals surface area (Å²) in [5, 5.41) is 9.75. The minimum atomic E-state index is -4.75. The monoisotopic (exact) mass is 392 g/mol. The van der Waals surface area contributed by atoms with Crippen molar-refractivity contribution in [1.82, 2.24) is 0 Å². The Balaban J connectivity index is 1.66. The van der Waals surface area contributed by atoms with E-state index in [0.717, 1.165) is 19.8 Å². The zero-order valence-corrected chi connectivity index (χ0v) is 15.7. The lowest BCUT2D eigenvalue weighted by Crippen LogP contribution is -2.52. The third-order valence-electron chi connectivity index (χ3n) is 6.15. The highest BCUT2D eigenvalue weighted by atomic mass is 19.4. The highest BCUT2D eigenvalue weighted by molar-refractivity contribution is 5.87. The van der Waals surface area contributed by atoms with Gasteiger partial charge in [0.1, 0.15) is 6.10 Å². The van der Waals surface area contributed by atoms with Gasteiger partial charge in [-0.05, 0) is 33.1 Å². The van der Waals surface area contributed by atoms with Gasteiger partial charge in [-0.1, -0.05) is 19.4 Å². The highest BCUT2D eigenvalue weighted by Gasteiger charge is 2.59. The Hall–Kier alpha value is -1.12. The Morgan fingerprint density at radius 3 is 2.37 bits per heavy atom. The Morgan fingerprint density at radius 2 is 1.89 bits per heavy atom. The normalized spacial score (nSPS) is 34.4. The maximum absolute atomic E-state index is 13.0. The molecule has 8 heteroatoms. The average Bonchev–Trinajstić information content (AvgIpc) is 3.27. The molecular weight excluding hydrogens is 365 g/mol. The van der Waals surface area contributed by atoms with Crippen LogP contribution in [0.5, 0.6) is 0 Å². The van der Waals surface area contributed by atoms with Crippen molar-refractivity contribution in [3.63, 3.8) is 0 Å². The molecule has 2 bridgehead atoms. The molecule has 2 heterocycles. The van der Waals surface area contributed by atoms with Crippen molar-refractivity contribution in [1.29, 1.82) is 0 Å². The molecule has 0 aromatic carbocycles. The predicted molar refractivity (Wildman–Crippen MR) is 89.9 cm³/mol. The number of carbonyl (C=O) groups is 1. The Labute approximate surface area is 156 Å². The minimum Gasteiger partial charge on any atom is -0.456 e. The number of esters is 1. The van der Waals surface area contributed by atoms with Crippen LogP contribution in [-0.2, 0) is 19.0 Å². The van der Waals surface area contributed by atoms with Gasteiger partial charge in [-0.15, -0.1) is 0 Å². The van der Waals surface area contributed by atoms with Crippen LogP contribution in [0, 0.1) is 5.92 Å². The zero-order valence-electron chi connectivity index (χ0n) is 15.7. The fourth-order valence-corrected chi connectivity index (χ4v) is 4.49. The van der Waals surface area contributed by atoms with Crippen LogP contribution in [0.2, 0.25) is 0 Å². The molecule has 0 radical (unpaired) electrons. The summed E-state index contributed by atoms with van der Waals surface area (Å²) in [6.07, 6.45) is -1.47. The molecule has 5 nitrogen and oxygen atoms in total. The molecule has 0 spiro atoms. The lowest BCUT2D eigenvalue weighted by molar-refractivity contribution is -0.280. The van der Waals surface area contributed by atoms with Gasteiger partial charge < -0.3 is 19.3 Å². The third-order valence-corrected chi connectivity index (χ3v) is 6.15. The maximum atomic E-state index is 13.0. The van der Waals surface area contributed by atoms with Gasteiger partial charge in [0.05, 0.1) is 24.4 Å². The summed E-state index contributed by atoms with van der Waals surface area (Å²) < 4.78 is 56.1. The van der Waals surface area contributed by atoms with Crippen molar-refractivity contribution in [2.24, 2.45) is 5.92 Å². The first-order chi connectivity index (χ1) is 12.5. The predicted octanol–water partition coefficient (Wildman–Crippen LogP) is 3.29. The molecule has 3 rings (SSSR count). The van der Waals surface area contributed by atoms with E-state index in [1.54, 1.807) is 6.92 Å². The van der Waals surface area contributed by atoms with Crippen molar-refractivity contribution in [2.75, 3.05) is 6.61 Å². The van der Waals surface area contributed by atoms with Crippen LogP contribution in [0.15, 0.2) is 12.2 Å². The van der Waals surface area contributed by atoms with Crippen molar-refractivity contribution in [2.45, 2.75) is 88.1 Å². The SMILES string of the molecule is C=C(C)C(=O)OC1CC2OC1CC2C1(OCC(C)(O)C(F)(F)F)CCCC1. The second-order valence-electron chi connectivity index (χ2n) is 8.35. The molecule has 5 unspecified atom stereocenters. The maximum Gasteiger partial charge on any atom is 0.419 e. The van der Waals surface area contributed by atoms with Crippen molar-refractivity contribution < 1.29 is 37.3 Å². The number of alkyl halides is 3. The molecule has 2 aliphatic heterocycles. The molecule has 5 atom stereocenters. The lowest BCUT2D eigenvalue weighted by atomic mass is 9.74. The van der Waals surface area contributed by atoms with Crippen LogP contribution in [0.3, 0.4) is 0 Å². The van der Waals surface area contributed by atoms with Crippen molar-refractivity contribution in [3.05, 3.63) is 12.2 Å². The van der Waals surface area contributed by atoms with Gasteiger partial charge in [-0.25, -0.2) is 4.79 Å². The summed E-state index contributed by atoms with van der Waals surface area (Å²) in [6.45, 7) is 5.08. The summed E-state index contributed by atoms with van der Waals surface area (Å²) in [5.74, 6) is -0.519. The number of halogens is 3. The summed E-state index contributed by atoms with van der Waals surface area (Å²) in [7, 11) is 0. The second kappa shape index (κ2) is 7.04. The van der Waals surface area contributed by atoms with E-state index in [4.69, 9.17) is 14.2 Å². The number of ether oxygens (including phenoxy) is 3. The van der Waals surface area contributed by atoms with Gasteiger partial charge in [-0.2, -0.15) is 13.2 Å². The molecule has 3 aliphatic rings. The van der Waals surface area contributed by atoms with Gasteiger partial charge in [0.25, 0.3) is 0 Å². The standard InChI is InChI=1S/C19H27F3O5/c1-11(2)16(23)27-15-9-13-12(8-14(15)26-13)18(6-4-5-7-18)25-10-17(3,24)19(20,21)22/h12-15,24H,1,4-10H2,2-3H3. The molecule has 27 heavy (non-hydrogen) atoms. The van der Waals surface area contributed by atoms with Gasteiger partial charge in [0, 0.05) is 17.9 Å². The topological polar surface area (TPSA) is 65.0 Å². The molecule has 1 saturated carbocycles. The van der Waals surface area contributed by atoms with E-state index in [0.29, 0.717) is 31.3 Å². The van der Waals surface area contributed by atoms with E-state index < -0.39 is 30.0 Å². The Bertz CT molecular complexity index is 595. The van der Waals surface area contributed by atoms with Gasteiger partial charge in [0.2, 0.25) is 0 Å². The number of hydrogen-bond acceptors (Lipinski definition) is 5. The zero-order chi connectivity index (χ0) is 20.0. The summed E-state index contributed by atoms with van der Waals surface area (Å²) >= 11 is 0. The minimum absolute atomic E-state index is 0.0613. The van der Waals surface area contributed by atoms with Crippen LogP contribution in [-0.4, -0.2) is 53.4 Å². The van der Waals surface area contributed by atoms with Crippen LogP contribution < -0.4 is 0 Å². The molecule has 1 aliphatic carbocycles. The number of rotatable bonds is 6. The van der Waals surface area contributed by atoms with E-state index in [9.17, 15) is 23.1 Å². The quantitative estimate of drug-likeness (QED) is 0.555. The summed E-state index contributed by atoms with van der Waals surface area (Å²) in [5.41, 5.74) is -3.29. The first-order valence-electron chi connectivity index (χ1n) is 9.40. The lowest BCUT2D eigenvalue weighted by Gasteiger charge is -2.41. The van der Waals surface area contributed by atoms with E-state index >= 15 is 0 Å². The number of carbonyl (C=O) groups excluding carboxylic acids is 1. The fourth-order valence-electron chi connectivity index (χ4n) is 4.49. The van der Waals surface area contributed by atoms with Gasteiger partial charge in [-0.3, -0.25) is 0 Å². The fraction of sp³-hybridized carbons (Fsp3) is 0.842. The Kier molecular flexibility index (Phi) is 5.38. The van der Waals surface area contributed by atoms with E-state index in [1.165, 1.54) is 0 Å². The number of aliphatic hydroxyl groups is 1. The van der Waals surface area contributed by atoms with Gasteiger partial charge in [0.15, 0.2) is 5.60 Å². The molecule has 154 valence electrons. The van der Waals surface area contributed by atoms with Crippen molar-refractivity contribution in [3.8, 4) is 0 Å². The Morgan fingerprint density at radius 1 is 1.26 bits per heavy atom. The smallest absolute Gasteiger partial charge is 0.419 e. The first-order valence-corrected chi connectivity index (χ1v) is 9.40. The number of hydrogen-bond donors (Lipinski definition) is 1. The van der Waals surface area contributed by atoms with Crippen LogP contribution in [0.1, 0.15) is 52.4 Å². The molecule has 2 saturated heterocycles. The highest BCUT2D eigenvalue weighted by Crippen LogP contribution is 2.52. The summed E-state index contributed by atoms with van der Waals surface area (Å²) in [6, 6.07) is 0. The van der Waals surface area contributed by atoms with E-state index in [1.807, 2.05) is 0 Å². The number of fused-ring (bicyclic) bond motifs is 2. The largest absolute Gasteiger partial charge is 0.456 e. The summed E-state index contributed by atoms with van der Waals surface area (Å²) in [4.78, 5) is 11.7. The molecule has 0 aromatic rings. The van der Waals surface area contributed by atoms with Gasteiger partial charge >= 0.3 is 12.1 Å². The molecular formula is C19H27F3O5.